The standard InChI is InChI=1S/C18H14Br2N4O2/c19-13-7-11(8-14(20)18(13)26)9-23-24-17(25)10-22-16-5-1-4-15-12(16)3-2-6-21-15/h1-9,22,26H,10H2,(H,24,25). The summed E-state index contributed by atoms with van der Waals surface area (Å²) in [4.78, 5) is 16.3. The second-order valence-electron chi connectivity index (χ2n) is 5.36. The van der Waals surface area contributed by atoms with E-state index in [1.807, 2.05) is 30.3 Å². The van der Waals surface area contributed by atoms with Crippen LogP contribution in [0.15, 0.2) is 62.7 Å². The third-order valence-electron chi connectivity index (χ3n) is 3.53. The fourth-order valence-corrected chi connectivity index (χ4v) is 3.53. The van der Waals surface area contributed by atoms with E-state index >= 15 is 0 Å². The fraction of sp³-hybridized carbons (Fsp3) is 0.0556. The smallest absolute Gasteiger partial charge is 0.259 e. The number of benzene rings is 2. The van der Waals surface area contributed by atoms with Gasteiger partial charge >= 0.3 is 0 Å². The Morgan fingerprint density at radius 1 is 1.19 bits per heavy atom. The first-order valence-corrected chi connectivity index (χ1v) is 9.21. The first-order valence-electron chi connectivity index (χ1n) is 7.62. The van der Waals surface area contributed by atoms with Gasteiger partial charge < -0.3 is 10.4 Å². The third-order valence-corrected chi connectivity index (χ3v) is 4.74. The quantitative estimate of drug-likeness (QED) is 0.382. The summed E-state index contributed by atoms with van der Waals surface area (Å²) in [6.07, 6.45) is 3.22. The molecule has 0 radical (unpaired) electrons. The first kappa shape index (κ1) is 18.3. The molecule has 26 heavy (non-hydrogen) atoms. The highest BCUT2D eigenvalue weighted by atomic mass is 79.9. The maximum Gasteiger partial charge on any atom is 0.259 e. The molecule has 0 aliphatic rings. The number of halogens is 2. The molecule has 1 amide bonds. The van der Waals surface area contributed by atoms with Crippen molar-refractivity contribution in [3.8, 4) is 5.75 Å². The van der Waals surface area contributed by atoms with Crippen molar-refractivity contribution < 1.29 is 9.90 Å². The molecule has 3 N–H and O–H groups in total. The predicted molar refractivity (Wildman–Crippen MR) is 109 cm³/mol. The summed E-state index contributed by atoms with van der Waals surface area (Å²) >= 11 is 6.49. The number of carbonyl (C=O) groups excluding carboxylic acids is 1. The summed E-state index contributed by atoms with van der Waals surface area (Å²) < 4.78 is 1.07. The number of anilines is 1. The number of carbonyl (C=O) groups is 1. The van der Waals surface area contributed by atoms with Crippen molar-refractivity contribution in [1.29, 1.82) is 0 Å². The molecule has 8 heteroatoms. The summed E-state index contributed by atoms with van der Waals surface area (Å²) in [5.41, 5.74) is 4.87. The number of amides is 1. The van der Waals surface area contributed by atoms with Crippen LogP contribution in [0, 0.1) is 0 Å². The van der Waals surface area contributed by atoms with Gasteiger partial charge in [-0.25, -0.2) is 5.43 Å². The van der Waals surface area contributed by atoms with Gasteiger partial charge in [0, 0.05) is 17.3 Å². The lowest BCUT2D eigenvalue weighted by molar-refractivity contribution is -0.119. The highest BCUT2D eigenvalue weighted by molar-refractivity contribution is 9.11. The Labute approximate surface area is 166 Å². The van der Waals surface area contributed by atoms with Crippen molar-refractivity contribution in [1.82, 2.24) is 10.4 Å². The number of aromatic hydroxyl groups is 1. The Kier molecular flexibility index (Phi) is 5.85. The van der Waals surface area contributed by atoms with Crippen molar-refractivity contribution >= 4 is 60.6 Å². The van der Waals surface area contributed by atoms with E-state index in [2.05, 4.69) is 52.7 Å². The van der Waals surface area contributed by atoms with E-state index in [1.54, 1.807) is 18.3 Å². The van der Waals surface area contributed by atoms with Crippen LogP contribution < -0.4 is 10.7 Å². The Hall–Kier alpha value is -2.45. The molecule has 2 aromatic carbocycles. The Morgan fingerprint density at radius 2 is 1.96 bits per heavy atom. The highest BCUT2D eigenvalue weighted by Gasteiger charge is 2.05. The molecule has 6 nitrogen and oxygen atoms in total. The number of phenolic OH excluding ortho intramolecular Hbond substituents is 1. The average Bonchev–Trinajstić information content (AvgIpc) is 2.64. The van der Waals surface area contributed by atoms with E-state index in [1.165, 1.54) is 6.21 Å². The van der Waals surface area contributed by atoms with Gasteiger partial charge in [0.05, 0.1) is 27.2 Å². The highest BCUT2D eigenvalue weighted by Crippen LogP contribution is 2.32. The van der Waals surface area contributed by atoms with Crippen LogP contribution in [0.25, 0.3) is 10.9 Å². The third kappa shape index (κ3) is 4.39. The summed E-state index contributed by atoms with van der Waals surface area (Å²) in [6, 6.07) is 12.9. The topological polar surface area (TPSA) is 86.6 Å². The molecule has 0 fully saturated rings. The van der Waals surface area contributed by atoms with E-state index in [9.17, 15) is 9.90 Å². The number of pyridine rings is 1. The van der Waals surface area contributed by atoms with E-state index in [4.69, 9.17) is 0 Å². The van der Waals surface area contributed by atoms with E-state index < -0.39 is 0 Å². The lowest BCUT2D eigenvalue weighted by Crippen LogP contribution is -2.25. The number of hydrogen-bond acceptors (Lipinski definition) is 5. The molecule has 0 spiro atoms. The van der Waals surface area contributed by atoms with E-state index in [-0.39, 0.29) is 18.2 Å². The number of nitrogens with one attached hydrogen (secondary N) is 2. The van der Waals surface area contributed by atoms with Gasteiger partial charge in [-0.05, 0) is 73.8 Å². The maximum atomic E-state index is 12.0. The lowest BCUT2D eigenvalue weighted by Gasteiger charge is -2.08. The molecule has 0 saturated carbocycles. The average molecular weight is 478 g/mol. The molecule has 0 aliphatic heterocycles. The molecule has 0 bridgehead atoms. The molecule has 0 aliphatic carbocycles. The monoisotopic (exact) mass is 476 g/mol. The van der Waals surface area contributed by atoms with Gasteiger partial charge in [0.1, 0.15) is 5.75 Å². The normalized spacial score (nSPS) is 11.0. The fourth-order valence-electron chi connectivity index (χ4n) is 2.31. The zero-order valence-electron chi connectivity index (χ0n) is 13.4. The molecule has 3 aromatic rings. The Morgan fingerprint density at radius 3 is 2.73 bits per heavy atom. The van der Waals surface area contributed by atoms with Gasteiger partial charge in [-0.2, -0.15) is 5.10 Å². The minimum atomic E-state index is -0.279. The number of phenols is 1. The van der Waals surface area contributed by atoms with Crippen molar-refractivity contribution in [3.63, 3.8) is 0 Å². The Bertz CT molecular complexity index is 964. The van der Waals surface area contributed by atoms with Crippen LogP contribution >= 0.6 is 31.9 Å². The predicted octanol–water partition coefficient (Wildman–Crippen LogP) is 4.03. The van der Waals surface area contributed by atoms with Crippen molar-refractivity contribution in [3.05, 3.63) is 63.2 Å². The van der Waals surface area contributed by atoms with Gasteiger partial charge in [-0.1, -0.05) is 6.07 Å². The van der Waals surface area contributed by atoms with Gasteiger partial charge in [0.15, 0.2) is 0 Å². The van der Waals surface area contributed by atoms with Crippen LogP contribution in [0.4, 0.5) is 5.69 Å². The minimum absolute atomic E-state index is 0.0777. The summed E-state index contributed by atoms with van der Waals surface area (Å²) in [5, 5.41) is 17.6. The van der Waals surface area contributed by atoms with Crippen LogP contribution in [-0.4, -0.2) is 28.8 Å². The molecule has 3 rings (SSSR count). The van der Waals surface area contributed by atoms with Gasteiger partial charge in [-0.3, -0.25) is 9.78 Å². The van der Waals surface area contributed by atoms with E-state index in [0.29, 0.717) is 8.95 Å². The van der Waals surface area contributed by atoms with Crippen LogP contribution in [0.1, 0.15) is 5.56 Å². The first-order chi connectivity index (χ1) is 12.5. The largest absolute Gasteiger partial charge is 0.506 e. The van der Waals surface area contributed by atoms with Crippen LogP contribution in [-0.2, 0) is 4.79 Å². The zero-order chi connectivity index (χ0) is 18.5. The van der Waals surface area contributed by atoms with Crippen molar-refractivity contribution in [2.45, 2.75) is 0 Å². The molecule has 1 aromatic heterocycles. The summed E-state index contributed by atoms with van der Waals surface area (Å²) in [7, 11) is 0. The second kappa shape index (κ2) is 8.29. The zero-order valence-corrected chi connectivity index (χ0v) is 16.6. The number of hydrogen-bond donors (Lipinski definition) is 3. The SMILES string of the molecule is O=C(CNc1cccc2ncccc12)NN=Cc1cc(Br)c(O)c(Br)c1. The molecule has 0 saturated heterocycles. The lowest BCUT2D eigenvalue weighted by atomic mass is 10.2. The van der Waals surface area contributed by atoms with Crippen molar-refractivity contribution in [2.75, 3.05) is 11.9 Å². The molecule has 132 valence electrons. The van der Waals surface area contributed by atoms with Gasteiger partial charge in [-0.15, -0.1) is 0 Å². The molecular formula is C18H14Br2N4O2. The van der Waals surface area contributed by atoms with Crippen molar-refractivity contribution in [2.24, 2.45) is 5.10 Å². The summed E-state index contributed by atoms with van der Waals surface area (Å²) in [6.45, 7) is 0.0777. The van der Waals surface area contributed by atoms with Gasteiger partial charge in [0.2, 0.25) is 0 Å². The Balaban J connectivity index is 1.59. The minimum Gasteiger partial charge on any atom is -0.506 e. The molecule has 1 heterocycles. The molecule has 0 atom stereocenters. The van der Waals surface area contributed by atoms with Crippen LogP contribution in [0.2, 0.25) is 0 Å². The molecular weight excluding hydrogens is 464 g/mol. The summed E-state index contributed by atoms with van der Waals surface area (Å²) in [5.74, 6) is -0.168. The number of nitrogens with zero attached hydrogens (tertiary/aromatic N) is 2. The maximum absolute atomic E-state index is 12.0. The molecule has 0 unspecified atom stereocenters. The number of hydrazone groups is 1. The number of fused-ring (bicyclic) bond motifs is 1. The van der Waals surface area contributed by atoms with Crippen LogP contribution in [0.3, 0.4) is 0 Å². The second-order valence-corrected chi connectivity index (χ2v) is 7.06. The van der Waals surface area contributed by atoms with Gasteiger partial charge in [0.25, 0.3) is 5.91 Å². The van der Waals surface area contributed by atoms with Crippen LogP contribution in [0.5, 0.6) is 5.75 Å². The number of aromatic nitrogens is 1. The van der Waals surface area contributed by atoms with E-state index in [0.717, 1.165) is 22.2 Å². The number of rotatable bonds is 5.